The van der Waals surface area contributed by atoms with E-state index in [2.05, 4.69) is 24.1 Å². The second kappa shape index (κ2) is 12.0. The van der Waals surface area contributed by atoms with Crippen LogP contribution in [0.5, 0.6) is 0 Å². The van der Waals surface area contributed by atoms with Gasteiger partial charge in [0.15, 0.2) is 0 Å². The molecule has 0 radical (unpaired) electrons. The van der Waals surface area contributed by atoms with Crippen LogP contribution in [0.15, 0.2) is 88.7 Å². The van der Waals surface area contributed by atoms with Crippen molar-refractivity contribution in [3.8, 4) is 0 Å². The SMILES string of the molecule is CCN(CC)c1ccc(C2c3sc(=O)n(CC(=O)Nc4ccc(Cl)cc4)c3SC3C(=O)N(c4ccccc4)C(=O)C32)cc1. The third kappa shape index (κ3) is 5.39. The molecule has 43 heavy (non-hydrogen) atoms. The van der Waals surface area contributed by atoms with Crippen LogP contribution in [0.2, 0.25) is 5.02 Å². The molecule has 6 rings (SSSR count). The molecule has 0 aliphatic carbocycles. The molecule has 1 saturated heterocycles. The van der Waals surface area contributed by atoms with Crippen molar-refractivity contribution in [2.75, 3.05) is 28.2 Å². The summed E-state index contributed by atoms with van der Waals surface area (Å²) in [6.45, 7) is 5.67. The van der Waals surface area contributed by atoms with E-state index in [1.807, 2.05) is 30.3 Å². The standard InChI is InChI=1S/C32H29ClN4O4S2/c1-3-35(4-2)22-16-10-19(11-17-22)25-26-27(30(40)37(29(26)39)23-8-6-5-7-9-23)42-31-28(25)43-32(41)36(31)18-24(38)34-21-14-12-20(33)13-15-21/h5-17,25-27H,3-4,18H2,1-2H3,(H,34,38). The summed E-state index contributed by atoms with van der Waals surface area (Å²) in [5, 5.41) is 3.16. The van der Waals surface area contributed by atoms with Crippen LogP contribution >= 0.6 is 34.7 Å². The van der Waals surface area contributed by atoms with Crippen LogP contribution in [-0.4, -0.2) is 40.6 Å². The number of nitrogens with one attached hydrogen (secondary N) is 1. The van der Waals surface area contributed by atoms with E-state index in [1.165, 1.54) is 21.2 Å². The van der Waals surface area contributed by atoms with Gasteiger partial charge in [0.1, 0.15) is 11.8 Å². The quantitative estimate of drug-likeness (QED) is 0.245. The lowest BCUT2D eigenvalue weighted by Crippen LogP contribution is -2.33. The first-order valence-corrected chi connectivity index (χ1v) is 16.1. The molecule has 0 saturated carbocycles. The average molecular weight is 633 g/mol. The van der Waals surface area contributed by atoms with Gasteiger partial charge in [-0.15, -0.1) is 0 Å². The molecule has 1 fully saturated rings. The molecule has 3 amide bonds. The summed E-state index contributed by atoms with van der Waals surface area (Å²) >= 11 is 8.21. The summed E-state index contributed by atoms with van der Waals surface area (Å²) in [4.78, 5) is 58.2. The molecule has 0 bridgehead atoms. The minimum absolute atomic E-state index is 0.226. The predicted molar refractivity (Wildman–Crippen MR) is 173 cm³/mol. The van der Waals surface area contributed by atoms with Gasteiger partial charge in [-0.3, -0.25) is 23.7 Å². The Morgan fingerprint density at radius 1 is 0.907 bits per heavy atom. The minimum atomic E-state index is -0.743. The molecule has 8 nitrogen and oxygen atoms in total. The maximum absolute atomic E-state index is 14.0. The van der Waals surface area contributed by atoms with Crippen LogP contribution in [0, 0.1) is 5.92 Å². The van der Waals surface area contributed by atoms with Crippen molar-refractivity contribution < 1.29 is 14.4 Å². The van der Waals surface area contributed by atoms with Gasteiger partial charge in [0.05, 0.1) is 16.6 Å². The van der Waals surface area contributed by atoms with Gasteiger partial charge in [0, 0.05) is 40.3 Å². The Morgan fingerprint density at radius 3 is 2.23 bits per heavy atom. The van der Waals surface area contributed by atoms with Crippen molar-refractivity contribution in [2.24, 2.45) is 5.92 Å². The van der Waals surface area contributed by atoms with Gasteiger partial charge in [-0.2, -0.15) is 0 Å². The molecule has 3 heterocycles. The van der Waals surface area contributed by atoms with Crippen LogP contribution in [0.25, 0.3) is 0 Å². The van der Waals surface area contributed by atoms with E-state index in [0.717, 1.165) is 35.7 Å². The number of benzene rings is 3. The fourth-order valence-corrected chi connectivity index (χ4v) is 8.70. The number of para-hydroxylation sites is 1. The van der Waals surface area contributed by atoms with Crippen LogP contribution in [-0.2, 0) is 20.9 Å². The van der Waals surface area contributed by atoms with E-state index in [0.29, 0.717) is 26.3 Å². The monoisotopic (exact) mass is 632 g/mol. The Morgan fingerprint density at radius 2 is 1.58 bits per heavy atom. The molecule has 0 spiro atoms. The second-order valence-corrected chi connectivity index (χ2v) is 12.9. The first kappa shape index (κ1) is 29.2. The van der Waals surface area contributed by atoms with Crippen molar-refractivity contribution in [3.05, 3.63) is 104 Å². The number of carbonyl (C=O) groups excluding carboxylic acids is 3. The number of hydrogen-bond acceptors (Lipinski definition) is 7. The normalized spacial score (nSPS) is 19.2. The molecular formula is C32H29ClN4O4S2. The number of rotatable bonds is 8. The summed E-state index contributed by atoms with van der Waals surface area (Å²) in [5.41, 5.74) is 2.98. The van der Waals surface area contributed by atoms with E-state index in [9.17, 15) is 19.2 Å². The predicted octanol–water partition coefficient (Wildman–Crippen LogP) is 5.84. The summed E-state index contributed by atoms with van der Waals surface area (Å²) < 4.78 is 1.42. The first-order valence-electron chi connectivity index (χ1n) is 14.0. The number of thiazole rings is 1. The molecule has 1 N–H and O–H groups in total. The van der Waals surface area contributed by atoms with Crippen LogP contribution in [0.4, 0.5) is 17.1 Å². The Bertz CT molecular complexity index is 1730. The third-order valence-electron chi connectivity index (χ3n) is 7.87. The number of imide groups is 1. The van der Waals surface area contributed by atoms with Crippen molar-refractivity contribution >= 4 is 69.5 Å². The number of halogens is 1. The van der Waals surface area contributed by atoms with Crippen molar-refractivity contribution in [3.63, 3.8) is 0 Å². The first-order chi connectivity index (χ1) is 20.8. The maximum Gasteiger partial charge on any atom is 0.308 e. The Balaban J connectivity index is 1.40. The zero-order valence-electron chi connectivity index (χ0n) is 23.5. The number of amides is 3. The van der Waals surface area contributed by atoms with E-state index >= 15 is 0 Å². The molecule has 2 aliphatic heterocycles. The number of thioether (sulfide) groups is 1. The van der Waals surface area contributed by atoms with E-state index < -0.39 is 17.1 Å². The summed E-state index contributed by atoms with van der Waals surface area (Å²) in [6.07, 6.45) is 0. The van der Waals surface area contributed by atoms with Gasteiger partial charge < -0.3 is 10.2 Å². The van der Waals surface area contributed by atoms with Gasteiger partial charge in [-0.1, -0.05) is 65.0 Å². The van der Waals surface area contributed by atoms with Gasteiger partial charge in [0.2, 0.25) is 17.7 Å². The number of nitrogens with zero attached hydrogens (tertiary/aromatic N) is 3. The average Bonchev–Trinajstić information content (AvgIpc) is 3.46. The topological polar surface area (TPSA) is 91.7 Å². The Kier molecular flexibility index (Phi) is 8.17. The molecule has 220 valence electrons. The zero-order chi connectivity index (χ0) is 30.2. The van der Waals surface area contributed by atoms with Crippen LogP contribution in [0.3, 0.4) is 0 Å². The van der Waals surface area contributed by atoms with Crippen molar-refractivity contribution in [1.82, 2.24) is 4.57 Å². The lowest BCUT2D eigenvalue weighted by atomic mass is 9.83. The Hall–Kier alpha value is -3.86. The molecular weight excluding hydrogens is 604 g/mol. The highest BCUT2D eigenvalue weighted by Crippen LogP contribution is 2.54. The lowest BCUT2D eigenvalue weighted by molar-refractivity contribution is -0.122. The van der Waals surface area contributed by atoms with Gasteiger partial charge in [-0.05, 0) is 67.9 Å². The number of aromatic nitrogens is 1. The summed E-state index contributed by atoms with van der Waals surface area (Å²) in [6, 6.07) is 23.6. The maximum atomic E-state index is 14.0. The molecule has 3 unspecified atom stereocenters. The third-order valence-corrected chi connectivity index (χ3v) is 10.7. The number of hydrogen-bond donors (Lipinski definition) is 1. The molecule has 2 aliphatic rings. The highest BCUT2D eigenvalue weighted by molar-refractivity contribution is 8.00. The fourth-order valence-electron chi connectivity index (χ4n) is 5.80. The molecule has 4 aromatic rings. The van der Waals surface area contributed by atoms with Gasteiger partial charge >= 0.3 is 4.87 Å². The van der Waals surface area contributed by atoms with Crippen molar-refractivity contribution in [2.45, 2.75) is 36.6 Å². The largest absolute Gasteiger partial charge is 0.372 e. The smallest absolute Gasteiger partial charge is 0.308 e. The number of carbonyl (C=O) groups is 3. The van der Waals surface area contributed by atoms with E-state index in [1.54, 1.807) is 48.5 Å². The summed E-state index contributed by atoms with van der Waals surface area (Å²) in [7, 11) is 0. The van der Waals surface area contributed by atoms with Gasteiger partial charge in [0.25, 0.3) is 0 Å². The zero-order valence-corrected chi connectivity index (χ0v) is 25.9. The highest BCUT2D eigenvalue weighted by Gasteiger charge is 2.56. The molecule has 1 aromatic heterocycles. The molecule has 11 heteroatoms. The number of anilines is 3. The Labute approximate surface area is 262 Å². The lowest BCUT2D eigenvalue weighted by Gasteiger charge is -2.31. The molecule has 3 aromatic carbocycles. The van der Waals surface area contributed by atoms with Crippen molar-refractivity contribution in [1.29, 1.82) is 0 Å². The van der Waals surface area contributed by atoms with Crippen LogP contribution < -0.4 is 20.0 Å². The van der Waals surface area contributed by atoms with E-state index in [-0.39, 0.29) is 29.1 Å². The van der Waals surface area contributed by atoms with Crippen LogP contribution in [0.1, 0.15) is 30.2 Å². The highest BCUT2D eigenvalue weighted by atomic mass is 35.5. The van der Waals surface area contributed by atoms with Gasteiger partial charge in [-0.25, -0.2) is 4.90 Å². The molecule has 3 atom stereocenters. The second-order valence-electron chi connectivity index (χ2n) is 10.3. The minimum Gasteiger partial charge on any atom is -0.372 e. The number of fused-ring (bicyclic) bond motifs is 2. The fraction of sp³-hybridized carbons (Fsp3) is 0.250. The van der Waals surface area contributed by atoms with E-state index in [4.69, 9.17) is 11.6 Å². The summed E-state index contributed by atoms with van der Waals surface area (Å²) in [5.74, 6) is -2.20.